The molecule has 1 unspecified atom stereocenters. The molecule has 0 aromatic carbocycles. The first kappa shape index (κ1) is 24.6. The Morgan fingerprint density at radius 1 is 1.00 bits per heavy atom. The van der Waals surface area contributed by atoms with Crippen LogP contribution in [0.2, 0.25) is 0 Å². The molecule has 0 aromatic rings. The normalized spacial score (nSPS) is 24.4. The first-order valence-electron chi connectivity index (χ1n) is 11.5. The second-order valence-electron chi connectivity index (χ2n) is 8.43. The van der Waals surface area contributed by atoms with Crippen LogP contribution < -0.4 is 4.89 Å². The molecule has 168 valence electrons. The number of carbonyl (C=O) groups excluding carboxylic acids is 1. The van der Waals surface area contributed by atoms with Gasteiger partial charge >= 0.3 is 14.1 Å². The first-order chi connectivity index (χ1) is 14.0. The molecule has 2 aliphatic rings. The van der Waals surface area contributed by atoms with Crippen molar-refractivity contribution in [2.24, 2.45) is 11.8 Å². The lowest BCUT2D eigenvalue weighted by molar-refractivity contribution is -0.245. The fourth-order valence-electron chi connectivity index (χ4n) is 3.74. The molecular formula is C22H39O6P. The molecule has 1 saturated heterocycles. The van der Waals surface area contributed by atoms with Gasteiger partial charge in [0.15, 0.2) is 5.76 Å². The molecule has 0 aliphatic carbocycles. The Bertz CT molecular complexity index is 535. The molecule has 2 rings (SSSR count). The minimum atomic E-state index is -3.69. The van der Waals surface area contributed by atoms with Crippen molar-refractivity contribution in [2.45, 2.75) is 91.4 Å². The van der Waals surface area contributed by atoms with Gasteiger partial charge in [0, 0.05) is 5.92 Å². The molecule has 0 saturated carbocycles. The molecule has 7 heteroatoms. The van der Waals surface area contributed by atoms with Gasteiger partial charge in [-0.3, -0.25) is 4.52 Å². The summed E-state index contributed by atoms with van der Waals surface area (Å²) in [5.41, 5.74) is 0.455. The second kappa shape index (κ2) is 12.9. The highest BCUT2D eigenvalue weighted by Gasteiger charge is 2.47. The smallest absolute Gasteiger partial charge is 0.428 e. The Labute approximate surface area is 177 Å². The van der Waals surface area contributed by atoms with Crippen molar-refractivity contribution in [3.8, 4) is 0 Å². The van der Waals surface area contributed by atoms with Crippen LogP contribution in [0, 0.1) is 11.8 Å². The van der Waals surface area contributed by atoms with Gasteiger partial charge in [0.2, 0.25) is 0 Å². The summed E-state index contributed by atoms with van der Waals surface area (Å²) in [6.07, 6.45) is 13.6. The van der Waals surface area contributed by atoms with Crippen LogP contribution in [-0.2, 0) is 23.1 Å². The van der Waals surface area contributed by atoms with E-state index in [0.29, 0.717) is 17.9 Å². The highest BCUT2D eigenvalue weighted by Crippen LogP contribution is 2.59. The molecule has 0 aromatic heterocycles. The van der Waals surface area contributed by atoms with E-state index in [1.54, 1.807) is 0 Å². The third kappa shape index (κ3) is 8.16. The standard InChI is InChI=1S/C22H39O6P/c1-4-5-6-7-8-9-10-11-12-13-14-15-26-29(24)27-17-19-16-25-22(23)20(19)21(28-29)18(2)3/h18-19H,4-17H2,1-3H3/t19-,29?/m0/s1. The van der Waals surface area contributed by atoms with Crippen LogP contribution in [0.4, 0.5) is 0 Å². The Hall–Kier alpha value is -0.680. The number of fused-ring (bicyclic) bond motifs is 1. The van der Waals surface area contributed by atoms with Gasteiger partial charge in [0.25, 0.3) is 0 Å². The molecule has 6 nitrogen and oxygen atoms in total. The minimum absolute atomic E-state index is 0.0984. The number of hydrogen-bond donors (Lipinski definition) is 0. The van der Waals surface area contributed by atoms with Crippen LogP contribution >= 0.6 is 8.17 Å². The number of cyclic esters (lactones) is 1. The average molecular weight is 431 g/mol. The molecule has 0 amide bonds. The van der Waals surface area contributed by atoms with Crippen LogP contribution in [0.25, 0.3) is 0 Å². The maximum Gasteiger partial charge on any atom is 0.428 e. The largest absolute Gasteiger partial charge is 0.598 e. The van der Waals surface area contributed by atoms with Gasteiger partial charge in [-0.15, -0.1) is 0 Å². The summed E-state index contributed by atoms with van der Waals surface area (Å²) in [4.78, 5) is 24.9. The number of unbranched alkanes of at least 4 members (excludes halogenated alkanes) is 10. The van der Waals surface area contributed by atoms with E-state index in [4.69, 9.17) is 18.3 Å². The zero-order valence-corrected chi connectivity index (χ0v) is 19.3. The van der Waals surface area contributed by atoms with Crippen LogP contribution in [-0.4, -0.2) is 25.8 Å². The van der Waals surface area contributed by atoms with E-state index in [1.165, 1.54) is 57.8 Å². The Morgan fingerprint density at radius 2 is 1.59 bits per heavy atom. The number of phosphoric acid groups is 1. The summed E-state index contributed by atoms with van der Waals surface area (Å²) in [7, 11) is -3.69. The highest BCUT2D eigenvalue weighted by molar-refractivity contribution is 7.54. The van der Waals surface area contributed by atoms with Gasteiger partial charge < -0.3 is 9.63 Å². The number of phosphoric ester groups is 1. The van der Waals surface area contributed by atoms with E-state index < -0.39 is 14.1 Å². The lowest BCUT2D eigenvalue weighted by Crippen LogP contribution is -2.20. The molecule has 0 bridgehead atoms. The van der Waals surface area contributed by atoms with Gasteiger partial charge in [0.05, 0.1) is 18.1 Å². The van der Waals surface area contributed by atoms with Crippen molar-refractivity contribution in [1.82, 2.24) is 0 Å². The Morgan fingerprint density at radius 3 is 2.17 bits per heavy atom. The van der Waals surface area contributed by atoms with Gasteiger partial charge in [-0.1, -0.05) is 85.0 Å². The fourth-order valence-corrected chi connectivity index (χ4v) is 5.18. The number of ether oxygens (including phenoxy) is 1. The third-order valence-electron chi connectivity index (χ3n) is 5.47. The Balaban J connectivity index is 1.63. The molecular weight excluding hydrogens is 391 g/mol. The topological polar surface area (TPSA) is 77.0 Å². The zero-order valence-electron chi connectivity index (χ0n) is 18.5. The van der Waals surface area contributed by atoms with E-state index in [-0.39, 0.29) is 25.0 Å². The van der Waals surface area contributed by atoms with Crippen molar-refractivity contribution >= 4 is 14.1 Å². The lowest BCUT2D eigenvalue weighted by atomic mass is 9.97. The number of rotatable bonds is 14. The van der Waals surface area contributed by atoms with Crippen molar-refractivity contribution in [3.05, 3.63) is 11.3 Å². The van der Waals surface area contributed by atoms with Crippen LogP contribution in [0.5, 0.6) is 0 Å². The van der Waals surface area contributed by atoms with Crippen molar-refractivity contribution < 1.29 is 28.0 Å². The van der Waals surface area contributed by atoms with Gasteiger partial charge in [-0.25, -0.2) is 4.79 Å². The van der Waals surface area contributed by atoms with Crippen LogP contribution in [0.3, 0.4) is 0 Å². The number of carbonyl (C=O) groups is 1. The molecule has 0 spiro atoms. The van der Waals surface area contributed by atoms with Crippen LogP contribution in [0.15, 0.2) is 11.3 Å². The van der Waals surface area contributed by atoms with Gasteiger partial charge in [-0.2, -0.15) is 9.05 Å². The third-order valence-corrected chi connectivity index (χ3v) is 6.86. The average Bonchev–Trinajstić information content (AvgIpc) is 2.97. The maximum absolute atomic E-state index is 12.9. The van der Waals surface area contributed by atoms with E-state index in [0.717, 1.165) is 12.8 Å². The molecule has 1 fully saturated rings. The minimum Gasteiger partial charge on any atom is -0.598 e. The summed E-state index contributed by atoms with van der Waals surface area (Å²) in [6.45, 7) is 6.73. The van der Waals surface area contributed by atoms with Crippen molar-refractivity contribution in [2.75, 3.05) is 19.8 Å². The summed E-state index contributed by atoms with van der Waals surface area (Å²) in [5.74, 6) is -0.349. The first-order valence-corrected chi connectivity index (χ1v) is 12.9. The molecule has 2 aliphatic heterocycles. The zero-order chi connectivity index (χ0) is 21.1. The number of allylic oxidation sites excluding steroid dienone is 1. The van der Waals surface area contributed by atoms with Crippen LogP contribution in [0.1, 0.15) is 91.4 Å². The Kier molecular flexibility index (Phi) is 10.9. The van der Waals surface area contributed by atoms with Gasteiger partial charge in [0.1, 0.15) is 13.2 Å². The predicted octanol–water partition coefficient (Wildman–Crippen LogP) is 5.48. The maximum atomic E-state index is 12.9. The molecule has 2 atom stereocenters. The lowest BCUT2D eigenvalue weighted by Gasteiger charge is -2.25. The molecule has 0 radical (unpaired) electrons. The monoisotopic (exact) mass is 430 g/mol. The SMILES string of the molecule is CCCCCCCCCCCCCO[P+]1([O-])OC[C@@H]2COC(=O)C2=C(C(C)C)O1. The van der Waals surface area contributed by atoms with Gasteiger partial charge in [-0.05, 0) is 6.42 Å². The number of esters is 1. The van der Waals surface area contributed by atoms with E-state index >= 15 is 0 Å². The van der Waals surface area contributed by atoms with Crippen molar-refractivity contribution in [1.29, 1.82) is 0 Å². The summed E-state index contributed by atoms with van der Waals surface area (Å²) >= 11 is 0. The quantitative estimate of drug-likeness (QED) is 0.206. The molecule has 0 N–H and O–H groups in total. The van der Waals surface area contributed by atoms with E-state index in [2.05, 4.69) is 6.92 Å². The predicted molar refractivity (Wildman–Crippen MR) is 113 cm³/mol. The summed E-state index contributed by atoms with van der Waals surface area (Å²) in [5, 5.41) is 0. The summed E-state index contributed by atoms with van der Waals surface area (Å²) in [6, 6.07) is 0. The van der Waals surface area contributed by atoms with Crippen molar-refractivity contribution in [3.63, 3.8) is 0 Å². The van der Waals surface area contributed by atoms with E-state index in [1.807, 2.05) is 13.8 Å². The fraction of sp³-hybridized carbons (Fsp3) is 0.864. The number of hydrogen-bond acceptors (Lipinski definition) is 6. The molecule has 29 heavy (non-hydrogen) atoms. The molecule has 2 heterocycles. The highest BCUT2D eigenvalue weighted by atomic mass is 31.2. The second-order valence-corrected chi connectivity index (χ2v) is 10.0. The van der Waals surface area contributed by atoms with E-state index in [9.17, 15) is 9.69 Å². The summed E-state index contributed by atoms with van der Waals surface area (Å²) < 4.78 is 21.7.